The van der Waals surface area contributed by atoms with Gasteiger partial charge in [-0.1, -0.05) is 20.8 Å². The monoisotopic (exact) mass is 259 g/mol. The van der Waals surface area contributed by atoms with Gasteiger partial charge in [-0.25, -0.2) is 0 Å². The SMILES string of the molecule is COCCNCC(C)(CCC(C)(C)OC)C(C)C. The molecule has 3 heteroatoms. The minimum Gasteiger partial charge on any atom is -0.383 e. The van der Waals surface area contributed by atoms with Crippen LogP contribution in [-0.2, 0) is 9.47 Å². The van der Waals surface area contributed by atoms with Crippen LogP contribution in [0.1, 0.15) is 47.5 Å². The molecule has 110 valence electrons. The molecule has 0 spiro atoms. The van der Waals surface area contributed by atoms with Gasteiger partial charge in [0.15, 0.2) is 0 Å². The lowest BCUT2D eigenvalue weighted by Gasteiger charge is -2.37. The Hall–Kier alpha value is -0.120. The van der Waals surface area contributed by atoms with Crippen molar-refractivity contribution >= 4 is 0 Å². The summed E-state index contributed by atoms with van der Waals surface area (Å²) in [7, 11) is 3.54. The molecule has 1 N–H and O–H groups in total. The number of nitrogens with one attached hydrogen (secondary N) is 1. The van der Waals surface area contributed by atoms with Crippen LogP contribution in [-0.4, -0.2) is 39.5 Å². The molecule has 0 heterocycles. The third-order valence-electron chi connectivity index (χ3n) is 4.26. The van der Waals surface area contributed by atoms with Crippen LogP contribution in [0.3, 0.4) is 0 Å². The molecule has 0 fully saturated rings. The predicted octanol–water partition coefficient (Wildman–Crippen LogP) is 3.09. The second-order valence-electron chi connectivity index (χ2n) is 6.44. The van der Waals surface area contributed by atoms with Crippen molar-refractivity contribution in [3.63, 3.8) is 0 Å². The molecule has 0 aromatic rings. The zero-order chi connectivity index (χ0) is 14.2. The maximum absolute atomic E-state index is 5.52. The smallest absolute Gasteiger partial charge is 0.0623 e. The van der Waals surface area contributed by atoms with Gasteiger partial charge in [0.25, 0.3) is 0 Å². The summed E-state index contributed by atoms with van der Waals surface area (Å²) in [6.07, 6.45) is 2.26. The summed E-state index contributed by atoms with van der Waals surface area (Å²) in [5.41, 5.74) is 0.284. The number of rotatable bonds is 10. The normalized spacial score (nSPS) is 16.0. The van der Waals surface area contributed by atoms with E-state index in [0.29, 0.717) is 11.3 Å². The fourth-order valence-corrected chi connectivity index (χ4v) is 1.82. The molecule has 0 bridgehead atoms. The molecule has 0 aliphatic rings. The van der Waals surface area contributed by atoms with E-state index in [4.69, 9.17) is 9.47 Å². The molecule has 0 rings (SSSR count). The third kappa shape index (κ3) is 6.72. The van der Waals surface area contributed by atoms with Gasteiger partial charge in [-0.05, 0) is 38.0 Å². The van der Waals surface area contributed by atoms with Crippen molar-refractivity contribution in [2.24, 2.45) is 11.3 Å². The second kappa shape index (κ2) is 8.13. The van der Waals surface area contributed by atoms with Crippen LogP contribution in [0.25, 0.3) is 0 Å². The lowest BCUT2D eigenvalue weighted by atomic mass is 9.73. The Kier molecular flexibility index (Phi) is 8.08. The zero-order valence-electron chi connectivity index (χ0n) is 13.4. The highest BCUT2D eigenvalue weighted by Crippen LogP contribution is 2.34. The largest absolute Gasteiger partial charge is 0.383 e. The van der Waals surface area contributed by atoms with Crippen LogP contribution in [0.2, 0.25) is 0 Å². The minimum absolute atomic E-state index is 0.0251. The fraction of sp³-hybridized carbons (Fsp3) is 1.00. The third-order valence-corrected chi connectivity index (χ3v) is 4.26. The average molecular weight is 259 g/mol. The molecule has 0 amide bonds. The highest BCUT2D eigenvalue weighted by molar-refractivity contribution is 4.83. The molecule has 18 heavy (non-hydrogen) atoms. The lowest BCUT2D eigenvalue weighted by Crippen LogP contribution is -2.39. The molecule has 1 atom stereocenters. The van der Waals surface area contributed by atoms with E-state index in [1.54, 1.807) is 14.2 Å². The standard InChI is InChI=1S/C15H33NO2/c1-13(2)15(5,12-16-10-11-17-6)9-8-14(3,4)18-7/h13,16H,8-12H2,1-7H3. The summed E-state index contributed by atoms with van der Waals surface area (Å²) in [6.45, 7) is 14.0. The first-order valence-electron chi connectivity index (χ1n) is 7.02. The Labute approximate surface area is 114 Å². The Morgan fingerprint density at radius 1 is 1.06 bits per heavy atom. The molecule has 1 unspecified atom stereocenters. The van der Waals surface area contributed by atoms with Crippen molar-refractivity contribution in [3.05, 3.63) is 0 Å². The predicted molar refractivity (Wildman–Crippen MR) is 78.0 cm³/mol. The van der Waals surface area contributed by atoms with Gasteiger partial charge >= 0.3 is 0 Å². The van der Waals surface area contributed by atoms with Crippen molar-refractivity contribution in [2.75, 3.05) is 33.9 Å². The minimum atomic E-state index is -0.0251. The van der Waals surface area contributed by atoms with Crippen molar-refractivity contribution in [3.8, 4) is 0 Å². The molecule has 0 aromatic carbocycles. The zero-order valence-corrected chi connectivity index (χ0v) is 13.4. The quantitative estimate of drug-likeness (QED) is 0.612. The first kappa shape index (κ1) is 17.9. The average Bonchev–Trinajstić information content (AvgIpc) is 2.32. The summed E-state index contributed by atoms with van der Waals surface area (Å²) < 4.78 is 10.6. The van der Waals surface area contributed by atoms with E-state index in [2.05, 4.69) is 39.9 Å². The summed E-state index contributed by atoms with van der Waals surface area (Å²) in [5.74, 6) is 0.653. The lowest BCUT2D eigenvalue weighted by molar-refractivity contribution is 0.000251. The first-order valence-corrected chi connectivity index (χ1v) is 7.02. The van der Waals surface area contributed by atoms with Crippen LogP contribution in [0.4, 0.5) is 0 Å². The van der Waals surface area contributed by atoms with Gasteiger partial charge in [-0.3, -0.25) is 0 Å². The van der Waals surface area contributed by atoms with E-state index in [0.717, 1.165) is 26.1 Å². The van der Waals surface area contributed by atoms with Gasteiger partial charge in [-0.15, -0.1) is 0 Å². The van der Waals surface area contributed by atoms with Gasteiger partial charge in [0.1, 0.15) is 0 Å². The number of hydrogen-bond acceptors (Lipinski definition) is 3. The van der Waals surface area contributed by atoms with Crippen molar-refractivity contribution in [1.82, 2.24) is 5.32 Å². The highest BCUT2D eigenvalue weighted by atomic mass is 16.5. The van der Waals surface area contributed by atoms with Crippen LogP contribution in [0.5, 0.6) is 0 Å². The van der Waals surface area contributed by atoms with E-state index >= 15 is 0 Å². The number of methoxy groups -OCH3 is 2. The summed E-state index contributed by atoms with van der Waals surface area (Å²) in [6, 6.07) is 0. The van der Waals surface area contributed by atoms with Crippen molar-refractivity contribution in [1.29, 1.82) is 0 Å². The molecule has 3 nitrogen and oxygen atoms in total. The van der Waals surface area contributed by atoms with Gasteiger partial charge < -0.3 is 14.8 Å². The van der Waals surface area contributed by atoms with E-state index in [1.807, 2.05) is 0 Å². The van der Waals surface area contributed by atoms with Crippen LogP contribution < -0.4 is 5.32 Å². The van der Waals surface area contributed by atoms with E-state index in [-0.39, 0.29) is 5.60 Å². The van der Waals surface area contributed by atoms with Gasteiger partial charge in [0.05, 0.1) is 12.2 Å². The first-order chi connectivity index (χ1) is 8.27. The molecular formula is C15H33NO2. The molecule has 0 aliphatic heterocycles. The van der Waals surface area contributed by atoms with Crippen molar-refractivity contribution in [2.45, 2.75) is 53.1 Å². The molecule has 0 saturated carbocycles. The van der Waals surface area contributed by atoms with E-state index in [9.17, 15) is 0 Å². The summed E-state index contributed by atoms with van der Waals surface area (Å²) in [5, 5.41) is 3.50. The van der Waals surface area contributed by atoms with Gasteiger partial charge in [-0.2, -0.15) is 0 Å². The Bertz CT molecular complexity index is 217. The van der Waals surface area contributed by atoms with E-state index < -0.39 is 0 Å². The molecular weight excluding hydrogens is 226 g/mol. The van der Waals surface area contributed by atoms with Crippen LogP contribution >= 0.6 is 0 Å². The topological polar surface area (TPSA) is 30.5 Å². The van der Waals surface area contributed by atoms with Crippen LogP contribution in [0.15, 0.2) is 0 Å². The Morgan fingerprint density at radius 3 is 2.11 bits per heavy atom. The maximum atomic E-state index is 5.52. The highest BCUT2D eigenvalue weighted by Gasteiger charge is 2.30. The van der Waals surface area contributed by atoms with Gasteiger partial charge in [0.2, 0.25) is 0 Å². The second-order valence-corrected chi connectivity index (χ2v) is 6.44. The molecule has 0 aliphatic carbocycles. The maximum Gasteiger partial charge on any atom is 0.0623 e. The summed E-state index contributed by atoms with van der Waals surface area (Å²) in [4.78, 5) is 0. The molecule has 0 aromatic heterocycles. The number of hydrogen-bond donors (Lipinski definition) is 1. The van der Waals surface area contributed by atoms with E-state index in [1.165, 1.54) is 6.42 Å². The molecule has 0 radical (unpaired) electrons. The van der Waals surface area contributed by atoms with Crippen molar-refractivity contribution < 1.29 is 9.47 Å². The number of ether oxygens (including phenoxy) is 2. The van der Waals surface area contributed by atoms with Crippen LogP contribution in [0, 0.1) is 11.3 Å². The fourth-order valence-electron chi connectivity index (χ4n) is 1.82. The Balaban J connectivity index is 4.26. The van der Waals surface area contributed by atoms with Gasteiger partial charge in [0, 0.05) is 27.3 Å². The molecule has 0 saturated heterocycles. The Morgan fingerprint density at radius 2 is 1.67 bits per heavy atom. The summed E-state index contributed by atoms with van der Waals surface area (Å²) >= 11 is 0.